The maximum absolute atomic E-state index is 9.05. The van der Waals surface area contributed by atoms with Crippen LogP contribution in [-0.4, -0.2) is 19.3 Å². The van der Waals surface area contributed by atoms with E-state index in [1.54, 1.807) is 13.2 Å². The Hall–Kier alpha value is -1.57. The molecule has 1 aliphatic carbocycles. The van der Waals surface area contributed by atoms with E-state index >= 15 is 0 Å². The summed E-state index contributed by atoms with van der Waals surface area (Å²) >= 11 is 0. The Morgan fingerprint density at radius 2 is 2.05 bits per heavy atom. The number of nitrogens with two attached hydrogens (primary N) is 1. The van der Waals surface area contributed by atoms with Crippen molar-refractivity contribution in [3.63, 3.8) is 0 Å². The van der Waals surface area contributed by atoms with Crippen LogP contribution in [0.5, 0.6) is 5.75 Å². The fraction of sp³-hybridized carbons (Fsp3) is 0.562. The van der Waals surface area contributed by atoms with Crippen LogP contribution in [0.4, 0.5) is 0 Å². The first kappa shape index (κ1) is 14.8. The molecule has 0 aromatic heterocycles. The molecular formula is C16H22N2O2. The number of nitrogens with zero attached hydrogens (tertiary/aromatic N) is 1. The Kier molecular flexibility index (Phi) is 4.99. The van der Waals surface area contributed by atoms with Crippen molar-refractivity contribution in [1.29, 1.82) is 5.26 Å². The Bertz CT molecular complexity index is 488. The summed E-state index contributed by atoms with van der Waals surface area (Å²) in [6.45, 7) is 1.07. The quantitative estimate of drug-likeness (QED) is 0.896. The summed E-state index contributed by atoms with van der Waals surface area (Å²) in [4.78, 5) is 0. The summed E-state index contributed by atoms with van der Waals surface area (Å²) in [5.74, 6) is 0.596. The molecule has 0 bridgehead atoms. The molecule has 1 aromatic carbocycles. The topological polar surface area (TPSA) is 68.3 Å². The zero-order valence-corrected chi connectivity index (χ0v) is 12.0. The van der Waals surface area contributed by atoms with Gasteiger partial charge in [-0.3, -0.25) is 0 Å². The maximum Gasteiger partial charge on any atom is 0.136 e. The summed E-state index contributed by atoms with van der Waals surface area (Å²) in [5, 5.41) is 9.05. The Morgan fingerprint density at radius 1 is 1.30 bits per heavy atom. The van der Waals surface area contributed by atoms with Crippen LogP contribution in [0, 0.1) is 11.3 Å². The van der Waals surface area contributed by atoms with Gasteiger partial charge in [-0.1, -0.05) is 25.3 Å². The molecule has 4 heteroatoms. The first-order valence-corrected chi connectivity index (χ1v) is 7.10. The Morgan fingerprint density at radius 3 is 2.70 bits per heavy atom. The second-order valence-electron chi connectivity index (χ2n) is 5.56. The molecule has 0 aliphatic heterocycles. The van der Waals surface area contributed by atoms with Crippen LogP contribution in [-0.2, 0) is 11.3 Å². The fourth-order valence-electron chi connectivity index (χ4n) is 2.70. The highest BCUT2D eigenvalue weighted by molar-refractivity contribution is 5.45. The Labute approximate surface area is 120 Å². The van der Waals surface area contributed by atoms with Crippen molar-refractivity contribution < 1.29 is 9.47 Å². The van der Waals surface area contributed by atoms with Gasteiger partial charge in [-0.25, -0.2) is 0 Å². The second-order valence-corrected chi connectivity index (χ2v) is 5.56. The molecule has 0 unspecified atom stereocenters. The van der Waals surface area contributed by atoms with E-state index in [4.69, 9.17) is 20.5 Å². The van der Waals surface area contributed by atoms with Crippen LogP contribution in [0.15, 0.2) is 18.2 Å². The summed E-state index contributed by atoms with van der Waals surface area (Å²) < 4.78 is 10.9. The molecule has 0 saturated heterocycles. The second kappa shape index (κ2) is 6.74. The van der Waals surface area contributed by atoms with Crippen LogP contribution in [0.1, 0.15) is 43.2 Å². The molecule has 4 nitrogen and oxygen atoms in total. The van der Waals surface area contributed by atoms with Crippen LogP contribution >= 0.6 is 0 Å². The Balaban J connectivity index is 1.89. The molecule has 0 amide bonds. The van der Waals surface area contributed by atoms with Crippen LogP contribution in [0.3, 0.4) is 0 Å². The van der Waals surface area contributed by atoms with Gasteiger partial charge in [0.25, 0.3) is 0 Å². The molecule has 2 N–H and O–H groups in total. The molecule has 20 heavy (non-hydrogen) atoms. The largest absolute Gasteiger partial charge is 0.495 e. The minimum absolute atomic E-state index is 0.164. The SMILES string of the molecule is COc1ccc(COCC2(N)CCCCC2)cc1C#N. The third kappa shape index (κ3) is 3.72. The lowest BCUT2D eigenvalue weighted by atomic mass is 9.83. The molecule has 0 radical (unpaired) electrons. The van der Waals surface area contributed by atoms with Crippen molar-refractivity contribution >= 4 is 0 Å². The van der Waals surface area contributed by atoms with Gasteiger partial charge in [0, 0.05) is 5.54 Å². The van der Waals surface area contributed by atoms with E-state index < -0.39 is 0 Å². The van der Waals surface area contributed by atoms with Gasteiger partial charge in [0.05, 0.1) is 25.9 Å². The summed E-state index contributed by atoms with van der Waals surface area (Å²) in [6, 6.07) is 7.66. The monoisotopic (exact) mass is 274 g/mol. The van der Waals surface area contributed by atoms with E-state index in [1.807, 2.05) is 12.1 Å². The summed E-state index contributed by atoms with van der Waals surface area (Å²) in [6.07, 6.45) is 5.75. The summed E-state index contributed by atoms with van der Waals surface area (Å²) in [7, 11) is 1.56. The van der Waals surface area contributed by atoms with E-state index in [0.29, 0.717) is 24.5 Å². The lowest BCUT2D eigenvalue weighted by molar-refractivity contribution is 0.0574. The molecule has 108 valence electrons. The highest BCUT2D eigenvalue weighted by Gasteiger charge is 2.27. The third-order valence-electron chi connectivity index (χ3n) is 3.89. The fourth-order valence-corrected chi connectivity index (χ4v) is 2.70. The lowest BCUT2D eigenvalue weighted by Crippen LogP contribution is -2.46. The molecule has 1 aromatic rings. The lowest BCUT2D eigenvalue weighted by Gasteiger charge is -2.33. The maximum atomic E-state index is 9.05. The molecular weight excluding hydrogens is 252 g/mol. The van der Waals surface area contributed by atoms with E-state index in [1.165, 1.54) is 19.3 Å². The zero-order valence-electron chi connectivity index (χ0n) is 12.0. The zero-order chi connectivity index (χ0) is 14.4. The highest BCUT2D eigenvalue weighted by atomic mass is 16.5. The van der Waals surface area contributed by atoms with Gasteiger partial charge in [0.15, 0.2) is 0 Å². The van der Waals surface area contributed by atoms with Gasteiger partial charge in [-0.05, 0) is 30.5 Å². The predicted molar refractivity (Wildman–Crippen MR) is 77.4 cm³/mol. The predicted octanol–water partition coefficient (Wildman–Crippen LogP) is 2.75. The van der Waals surface area contributed by atoms with Crippen LogP contribution in [0.2, 0.25) is 0 Å². The van der Waals surface area contributed by atoms with E-state index in [-0.39, 0.29) is 5.54 Å². The average Bonchev–Trinajstić information content (AvgIpc) is 2.47. The molecule has 2 rings (SSSR count). The first-order valence-electron chi connectivity index (χ1n) is 7.10. The van der Waals surface area contributed by atoms with Crippen molar-refractivity contribution in [2.45, 2.75) is 44.2 Å². The minimum atomic E-state index is -0.164. The number of benzene rings is 1. The van der Waals surface area contributed by atoms with Crippen molar-refractivity contribution in [2.75, 3.05) is 13.7 Å². The van der Waals surface area contributed by atoms with Crippen molar-refractivity contribution in [1.82, 2.24) is 0 Å². The average molecular weight is 274 g/mol. The van der Waals surface area contributed by atoms with Gasteiger partial charge >= 0.3 is 0 Å². The van der Waals surface area contributed by atoms with Crippen molar-refractivity contribution in [2.24, 2.45) is 5.73 Å². The van der Waals surface area contributed by atoms with E-state index in [0.717, 1.165) is 18.4 Å². The molecule has 1 fully saturated rings. The molecule has 0 spiro atoms. The number of rotatable bonds is 5. The third-order valence-corrected chi connectivity index (χ3v) is 3.89. The first-order chi connectivity index (χ1) is 9.67. The minimum Gasteiger partial charge on any atom is -0.495 e. The molecule has 0 atom stereocenters. The van der Waals surface area contributed by atoms with Gasteiger partial charge in [0.2, 0.25) is 0 Å². The number of hydrogen-bond acceptors (Lipinski definition) is 4. The normalized spacial score (nSPS) is 17.4. The molecule has 0 heterocycles. The number of nitriles is 1. The van der Waals surface area contributed by atoms with Gasteiger partial charge in [-0.15, -0.1) is 0 Å². The standard InChI is InChI=1S/C16H22N2O2/c1-19-15-6-5-13(9-14(15)10-17)11-20-12-16(18)7-3-2-4-8-16/h5-6,9H,2-4,7-8,11-12,18H2,1H3. The number of hydrogen-bond donors (Lipinski definition) is 1. The van der Waals surface area contributed by atoms with Gasteiger partial charge < -0.3 is 15.2 Å². The summed E-state index contributed by atoms with van der Waals surface area (Å²) in [5.41, 5.74) is 7.67. The highest BCUT2D eigenvalue weighted by Crippen LogP contribution is 2.26. The van der Waals surface area contributed by atoms with E-state index in [2.05, 4.69) is 6.07 Å². The number of ether oxygens (including phenoxy) is 2. The van der Waals surface area contributed by atoms with Crippen molar-refractivity contribution in [3.8, 4) is 11.8 Å². The number of methoxy groups -OCH3 is 1. The van der Waals surface area contributed by atoms with Crippen LogP contribution < -0.4 is 10.5 Å². The van der Waals surface area contributed by atoms with Crippen LogP contribution in [0.25, 0.3) is 0 Å². The van der Waals surface area contributed by atoms with Gasteiger partial charge in [0.1, 0.15) is 11.8 Å². The van der Waals surface area contributed by atoms with E-state index in [9.17, 15) is 0 Å². The van der Waals surface area contributed by atoms with Crippen molar-refractivity contribution in [3.05, 3.63) is 29.3 Å². The van der Waals surface area contributed by atoms with Gasteiger partial charge in [-0.2, -0.15) is 5.26 Å². The smallest absolute Gasteiger partial charge is 0.136 e. The molecule has 1 aliphatic rings. The molecule has 1 saturated carbocycles.